The van der Waals surface area contributed by atoms with Crippen molar-refractivity contribution in [1.82, 2.24) is 9.88 Å². The van der Waals surface area contributed by atoms with Gasteiger partial charge in [0.15, 0.2) is 0 Å². The van der Waals surface area contributed by atoms with Crippen LogP contribution < -0.4 is 4.74 Å². The van der Waals surface area contributed by atoms with E-state index in [0.717, 1.165) is 42.9 Å². The van der Waals surface area contributed by atoms with Gasteiger partial charge < -0.3 is 9.64 Å². The summed E-state index contributed by atoms with van der Waals surface area (Å²) >= 11 is 3.31. The molecule has 0 aromatic carbocycles. The fourth-order valence-electron chi connectivity index (χ4n) is 2.85. The van der Waals surface area contributed by atoms with Gasteiger partial charge >= 0.3 is 0 Å². The molecule has 1 aromatic heterocycles. The number of alkyl halides is 1. The molecule has 22 heavy (non-hydrogen) atoms. The lowest BCUT2D eigenvalue weighted by molar-refractivity contribution is 0.0568. The van der Waals surface area contributed by atoms with Gasteiger partial charge in [-0.1, -0.05) is 13.8 Å². The lowest BCUT2D eigenvalue weighted by Gasteiger charge is -2.36. The molecule has 2 heterocycles. The third kappa shape index (κ3) is 5.20. The zero-order valence-electron chi connectivity index (χ0n) is 13.5. The Morgan fingerprint density at radius 1 is 1.32 bits per heavy atom. The van der Waals surface area contributed by atoms with E-state index in [1.165, 1.54) is 0 Å². The van der Waals surface area contributed by atoms with E-state index in [-0.39, 0.29) is 0 Å². The van der Waals surface area contributed by atoms with E-state index < -0.39 is 5.67 Å². The molecule has 0 amide bonds. The van der Waals surface area contributed by atoms with E-state index in [0.29, 0.717) is 25.3 Å². The molecule has 0 saturated carbocycles. The van der Waals surface area contributed by atoms with Gasteiger partial charge in [-0.2, -0.15) is 0 Å². The summed E-state index contributed by atoms with van der Waals surface area (Å²) < 4.78 is 21.1. The summed E-state index contributed by atoms with van der Waals surface area (Å²) in [5.41, 5.74) is -1.02. The Kier molecular flexibility index (Phi) is 6.63. The van der Waals surface area contributed by atoms with Crippen LogP contribution in [0.15, 0.2) is 22.9 Å². The molecule has 0 radical (unpaired) electrons. The minimum absolute atomic E-state index is 0.553. The van der Waals surface area contributed by atoms with Crippen LogP contribution in [0.4, 0.5) is 4.39 Å². The first kappa shape index (κ1) is 17.7. The van der Waals surface area contributed by atoms with Gasteiger partial charge in [-0.3, -0.25) is 0 Å². The van der Waals surface area contributed by atoms with Crippen molar-refractivity contribution in [2.75, 3.05) is 26.2 Å². The third-order valence-electron chi connectivity index (χ3n) is 4.67. The molecule has 5 heteroatoms. The average molecular weight is 373 g/mol. The van der Waals surface area contributed by atoms with Crippen molar-refractivity contribution in [1.29, 1.82) is 0 Å². The van der Waals surface area contributed by atoms with Crippen LogP contribution in [0.25, 0.3) is 0 Å². The number of aromatic nitrogens is 1. The zero-order valence-corrected chi connectivity index (χ0v) is 15.1. The summed E-state index contributed by atoms with van der Waals surface area (Å²) in [4.78, 5) is 6.42. The van der Waals surface area contributed by atoms with Crippen LogP contribution in [0.2, 0.25) is 0 Å². The Hall–Kier alpha value is -0.680. The molecule has 1 fully saturated rings. The highest BCUT2D eigenvalue weighted by Gasteiger charge is 2.30. The van der Waals surface area contributed by atoms with E-state index in [1.807, 2.05) is 26.0 Å². The quantitative estimate of drug-likeness (QED) is 0.660. The molecule has 1 aliphatic heterocycles. The van der Waals surface area contributed by atoms with Crippen LogP contribution in [0, 0.1) is 5.92 Å². The maximum absolute atomic E-state index is 14.5. The maximum Gasteiger partial charge on any atom is 0.137 e. The van der Waals surface area contributed by atoms with E-state index >= 15 is 0 Å². The Bertz CT molecular complexity index is 442. The molecule has 0 aliphatic carbocycles. The number of rotatable bonds is 7. The molecule has 2 rings (SSSR count). The van der Waals surface area contributed by atoms with Gasteiger partial charge in [-0.25, -0.2) is 9.37 Å². The second-order valence-corrected chi connectivity index (χ2v) is 7.02. The third-order valence-corrected chi connectivity index (χ3v) is 5.14. The van der Waals surface area contributed by atoms with Gasteiger partial charge in [-0.05, 0) is 72.8 Å². The number of likely N-dealkylation sites (tertiary alicyclic amines) is 1. The van der Waals surface area contributed by atoms with Crippen molar-refractivity contribution < 1.29 is 9.13 Å². The summed E-state index contributed by atoms with van der Waals surface area (Å²) in [6.45, 7) is 7.12. The number of hydrogen-bond acceptors (Lipinski definition) is 3. The van der Waals surface area contributed by atoms with Crippen molar-refractivity contribution in [2.24, 2.45) is 5.92 Å². The number of halogens is 2. The van der Waals surface area contributed by atoms with Gasteiger partial charge in [-0.15, -0.1) is 0 Å². The van der Waals surface area contributed by atoms with E-state index in [2.05, 4.69) is 25.8 Å². The summed E-state index contributed by atoms with van der Waals surface area (Å²) in [7, 11) is 0. The van der Waals surface area contributed by atoms with Crippen LogP contribution in [0.3, 0.4) is 0 Å². The highest BCUT2D eigenvalue weighted by Crippen LogP contribution is 2.25. The van der Waals surface area contributed by atoms with Gasteiger partial charge in [0.1, 0.15) is 16.0 Å². The second kappa shape index (κ2) is 8.25. The largest absolute Gasteiger partial charge is 0.492 e. The van der Waals surface area contributed by atoms with Crippen molar-refractivity contribution in [2.45, 2.75) is 45.2 Å². The molecular formula is C17H26BrFN2O. The molecule has 0 atom stereocenters. The molecule has 1 saturated heterocycles. The summed E-state index contributed by atoms with van der Waals surface area (Å²) in [6.07, 6.45) is 5.09. The standard InChI is InChI=1S/C17H26BrFN2O/c1-3-17(19,4-2)13-21-9-7-14(8-10-21)12-22-15-5-6-16(18)20-11-15/h5-6,11,14H,3-4,7-10,12-13H2,1-2H3. The number of pyridine rings is 1. The monoisotopic (exact) mass is 372 g/mol. The predicted octanol–water partition coefficient (Wildman–Crippen LogP) is 4.46. The van der Waals surface area contributed by atoms with Gasteiger partial charge in [0, 0.05) is 6.54 Å². The van der Waals surface area contributed by atoms with Crippen LogP contribution in [0.5, 0.6) is 5.75 Å². The molecular weight excluding hydrogens is 347 g/mol. The predicted molar refractivity (Wildman–Crippen MR) is 91.0 cm³/mol. The van der Waals surface area contributed by atoms with Crippen molar-refractivity contribution in [3.63, 3.8) is 0 Å². The summed E-state index contributed by atoms with van der Waals surface area (Å²) in [6, 6.07) is 3.81. The van der Waals surface area contributed by atoms with Crippen LogP contribution >= 0.6 is 15.9 Å². The Morgan fingerprint density at radius 2 is 2.00 bits per heavy atom. The van der Waals surface area contributed by atoms with Crippen LogP contribution in [-0.4, -0.2) is 41.8 Å². The Balaban J connectivity index is 1.72. The minimum Gasteiger partial charge on any atom is -0.492 e. The first-order chi connectivity index (χ1) is 10.5. The second-order valence-electron chi connectivity index (χ2n) is 6.21. The lowest BCUT2D eigenvalue weighted by atomic mass is 9.94. The number of nitrogens with zero attached hydrogens (tertiary/aromatic N) is 2. The zero-order chi connectivity index (χ0) is 16.0. The number of hydrogen-bond donors (Lipinski definition) is 0. The number of piperidine rings is 1. The highest BCUT2D eigenvalue weighted by molar-refractivity contribution is 9.10. The topological polar surface area (TPSA) is 25.4 Å². The van der Waals surface area contributed by atoms with Crippen LogP contribution in [-0.2, 0) is 0 Å². The Labute approximate surface area is 141 Å². The Morgan fingerprint density at radius 3 is 2.55 bits per heavy atom. The molecule has 3 nitrogen and oxygen atoms in total. The van der Waals surface area contributed by atoms with E-state index in [4.69, 9.17) is 4.74 Å². The van der Waals surface area contributed by atoms with E-state index in [9.17, 15) is 4.39 Å². The van der Waals surface area contributed by atoms with Crippen molar-refractivity contribution in [3.8, 4) is 5.75 Å². The smallest absolute Gasteiger partial charge is 0.137 e. The lowest BCUT2D eigenvalue weighted by Crippen LogP contribution is -2.44. The first-order valence-electron chi connectivity index (χ1n) is 8.20. The molecule has 0 spiro atoms. The molecule has 1 aliphatic rings. The normalized spacial score (nSPS) is 17.6. The van der Waals surface area contributed by atoms with Gasteiger partial charge in [0.2, 0.25) is 0 Å². The fourth-order valence-corrected chi connectivity index (χ4v) is 3.08. The highest BCUT2D eigenvalue weighted by atomic mass is 79.9. The molecule has 0 N–H and O–H groups in total. The first-order valence-corrected chi connectivity index (χ1v) is 8.99. The summed E-state index contributed by atoms with van der Waals surface area (Å²) in [5.74, 6) is 1.36. The van der Waals surface area contributed by atoms with Crippen molar-refractivity contribution >= 4 is 15.9 Å². The van der Waals surface area contributed by atoms with Crippen molar-refractivity contribution in [3.05, 3.63) is 22.9 Å². The maximum atomic E-state index is 14.5. The fraction of sp³-hybridized carbons (Fsp3) is 0.706. The molecule has 0 unspecified atom stereocenters. The molecule has 1 aromatic rings. The molecule has 124 valence electrons. The van der Waals surface area contributed by atoms with E-state index in [1.54, 1.807) is 6.20 Å². The van der Waals surface area contributed by atoms with Gasteiger partial charge in [0.05, 0.1) is 12.8 Å². The summed E-state index contributed by atoms with van der Waals surface area (Å²) in [5, 5.41) is 0. The number of ether oxygens (including phenoxy) is 1. The average Bonchev–Trinajstić information content (AvgIpc) is 2.55. The molecule has 0 bridgehead atoms. The minimum atomic E-state index is -1.02. The SMILES string of the molecule is CCC(F)(CC)CN1CCC(COc2ccc(Br)nc2)CC1. The van der Waals surface area contributed by atoms with Crippen LogP contribution in [0.1, 0.15) is 39.5 Å². The van der Waals surface area contributed by atoms with Gasteiger partial charge in [0.25, 0.3) is 0 Å².